The lowest BCUT2D eigenvalue weighted by molar-refractivity contribution is -0.139. The second-order valence-corrected chi connectivity index (χ2v) is 5.42. The van der Waals surface area contributed by atoms with Crippen molar-refractivity contribution >= 4 is 12.0 Å². The van der Waals surface area contributed by atoms with Crippen molar-refractivity contribution in [1.29, 1.82) is 0 Å². The van der Waals surface area contributed by atoms with Crippen molar-refractivity contribution in [2.45, 2.75) is 45.2 Å². The number of rotatable bonds is 4. The fourth-order valence-corrected chi connectivity index (χ4v) is 2.66. The summed E-state index contributed by atoms with van der Waals surface area (Å²) in [6, 6.07) is 7.01. The number of hydrogen-bond acceptors (Lipinski definition) is 2. The van der Waals surface area contributed by atoms with Crippen molar-refractivity contribution in [2.24, 2.45) is 0 Å². The standard InChI is InChI=1S/C16H22N2O3/c1-2-6-14(15(19)20)17-16(21)18-10-5-9-12-7-3-4-8-13(12)11-18/h3-4,7-8,14H,2,5-6,9-11H2,1H3,(H,17,21)(H,19,20)/t14-/m1/s1. The van der Waals surface area contributed by atoms with E-state index in [1.807, 2.05) is 25.1 Å². The molecule has 0 saturated carbocycles. The molecule has 5 heteroatoms. The van der Waals surface area contributed by atoms with Gasteiger partial charge in [-0.3, -0.25) is 0 Å². The molecule has 0 saturated heterocycles. The van der Waals surface area contributed by atoms with Gasteiger partial charge >= 0.3 is 12.0 Å². The molecule has 1 aromatic rings. The van der Waals surface area contributed by atoms with Crippen molar-refractivity contribution < 1.29 is 14.7 Å². The third kappa shape index (κ3) is 3.97. The minimum absolute atomic E-state index is 0.285. The summed E-state index contributed by atoms with van der Waals surface area (Å²) < 4.78 is 0. The van der Waals surface area contributed by atoms with Crippen LogP contribution >= 0.6 is 0 Å². The number of aryl methyl sites for hydroxylation is 1. The lowest BCUT2D eigenvalue weighted by atomic mass is 10.0. The van der Waals surface area contributed by atoms with Crippen LogP contribution in [0, 0.1) is 0 Å². The molecule has 1 atom stereocenters. The van der Waals surface area contributed by atoms with E-state index in [0.717, 1.165) is 24.8 Å². The first-order chi connectivity index (χ1) is 10.1. The Labute approximate surface area is 125 Å². The van der Waals surface area contributed by atoms with Gasteiger partial charge in [-0.15, -0.1) is 0 Å². The van der Waals surface area contributed by atoms with Gasteiger partial charge in [-0.25, -0.2) is 9.59 Å². The molecule has 114 valence electrons. The molecular formula is C16H22N2O3. The molecule has 0 bridgehead atoms. The summed E-state index contributed by atoms with van der Waals surface area (Å²) in [7, 11) is 0. The number of aliphatic carboxylic acids is 1. The average Bonchev–Trinajstić information content (AvgIpc) is 2.68. The Morgan fingerprint density at radius 2 is 2.05 bits per heavy atom. The first-order valence-corrected chi connectivity index (χ1v) is 7.47. The molecule has 1 heterocycles. The lowest BCUT2D eigenvalue weighted by Crippen LogP contribution is -2.47. The zero-order chi connectivity index (χ0) is 15.2. The van der Waals surface area contributed by atoms with E-state index in [-0.39, 0.29) is 6.03 Å². The van der Waals surface area contributed by atoms with E-state index in [1.165, 1.54) is 5.56 Å². The number of carboxylic acids is 1. The van der Waals surface area contributed by atoms with E-state index in [1.54, 1.807) is 4.90 Å². The SMILES string of the molecule is CCC[C@@H](NC(=O)N1CCCc2ccccc2C1)C(=O)O. The number of hydrogen-bond donors (Lipinski definition) is 2. The van der Waals surface area contributed by atoms with Gasteiger partial charge in [0.15, 0.2) is 0 Å². The Morgan fingerprint density at radius 3 is 2.71 bits per heavy atom. The van der Waals surface area contributed by atoms with Gasteiger partial charge in [-0.2, -0.15) is 0 Å². The Hall–Kier alpha value is -2.04. The maximum Gasteiger partial charge on any atom is 0.326 e. The minimum atomic E-state index is -0.972. The largest absolute Gasteiger partial charge is 0.480 e. The van der Waals surface area contributed by atoms with Gasteiger partial charge in [0.05, 0.1) is 0 Å². The Morgan fingerprint density at radius 1 is 1.33 bits per heavy atom. The van der Waals surface area contributed by atoms with Crippen molar-refractivity contribution in [2.75, 3.05) is 6.54 Å². The normalized spacial score (nSPS) is 15.8. The molecule has 0 fully saturated rings. The van der Waals surface area contributed by atoms with Gasteiger partial charge in [-0.1, -0.05) is 37.6 Å². The summed E-state index contributed by atoms with van der Waals surface area (Å²) in [6.45, 7) is 3.10. The molecule has 5 nitrogen and oxygen atoms in total. The summed E-state index contributed by atoms with van der Waals surface area (Å²) in [6.07, 6.45) is 3.03. The van der Waals surface area contributed by atoms with Gasteiger partial charge in [0, 0.05) is 13.1 Å². The molecule has 2 N–H and O–H groups in total. The maximum atomic E-state index is 12.3. The second-order valence-electron chi connectivity index (χ2n) is 5.42. The summed E-state index contributed by atoms with van der Waals surface area (Å²) in [5.74, 6) is -0.972. The Balaban J connectivity index is 2.04. The van der Waals surface area contributed by atoms with E-state index >= 15 is 0 Å². The quantitative estimate of drug-likeness (QED) is 0.894. The molecule has 2 rings (SSSR count). The predicted octanol–water partition coefficient (Wildman–Crippen LogP) is 2.40. The summed E-state index contributed by atoms with van der Waals surface area (Å²) in [5, 5.41) is 11.8. The average molecular weight is 290 g/mol. The molecule has 2 amide bonds. The number of carbonyl (C=O) groups excluding carboxylic acids is 1. The number of urea groups is 1. The van der Waals surface area contributed by atoms with Crippen LogP contribution in [-0.2, 0) is 17.8 Å². The number of nitrogens with zero attached hydrogens (tertiary/aromatic N) is 1. The van der Waals surface area contributed by atoms with Crippen LogP contribution in [0.2, 0.25) is 0 Å². The van der Waals surface area contributed by atoms with Crippen LogP contribution in [0.15, 0.2) is 24.3 Å². The van der Waals surface area contributed by atoms with Gasteiger partial charge in [0.25, 0.3) is 0 Å². The molecule has 0 unspecified atom stereocenters. The Kier molecular flexibility index (Phi) is 5.20. The highest BCUT2D eigenvalue weighted by Crippen LogP contribution is 2.18. The van der Waals surface area contributed by atoms with E-state index in [0.29, 0.717) is 19.5 Å². The summed E-state index contributed by atoms with van der Waals surface area (Å²) in [5.41, 5.74) is 2.42. The molecular weight excluding hydrogens is 268 g/mol. The number of carbonyl (C=O) groups is 2. The first-order valence-electron chi connectivity index (χ1n) is 7.47. The molecule has 21 heavy (non-hydrogen) atoms. The van der Waals surface area contributed by atoms with E-state index < -0.39 is 12.0 Å². The first kappa shape index (κ1) is 15.4. The maximum absolute atomic E-state index is 12.3. The van der Waals surface area contributed by atoms with Crippen LogP contribution in [0.1, 0.15) is 37.3 Å². The number of fused-ring (bicyclic) bond motifs is 1. The smallest absolute Gasteiger partial charge is 0.326 e. The summed E-state index contributed by atoms with van der Waals surface area (Å²) in [4.78, 5) is 25.1. The number of amides is 2. The van der Waals surface area contributed by atoms with Gasteiger partial charge < -0.3 is 15.3 Å². The third-order valence-electron chi connectivity index (χ3n) is 3.81. The van der Waals surface area contributed by atoms with Crippen molar-refractivity contribution in [3.63, 3.8) is 0 Å². The van der Waals surface area contributed by atoms with Crippen molar-refractivity contribution in [3.05, 3.63) is 35.4 Å². The monoisotopic (exact) mass is 290 g/mol. The predicted molar refractivity (Wildman–Crippen MR) is 80.0 cm³/mol. The highest BCUT2D eigenvalue weighted by atomic mass is 16.4. The zero-order valence-corrected chi connectivity index (χ0v) is 12.3. The highest BCUT2D eigenvalue weighted by Gasteiger charge is 2.24. The molecule has 1 aliphatic rings. The minimum Gasteiger partial charge on any atom is -0.480 e. The van der Waals surface area contributed by atoms with Crippen LogP contribution < -0.4 is 5.32 Å². The summed E-state index contributed by atoms with van der Waals surface area (Å²) >= 11 is 0. The van der Waals surface area contributed by atoms with E-state index in [2.05, 4.69) is 11.4 Å². The fraction of sp³-hybridized carbons (Fsp3) is 0.500. The third-order valence-corrected chi connectivity index (χ3v) is 3.81. The molecule has 0 aliphatic carbocycles. The van der Waals surface area contributed by atoms with Gasteiger partial charge in [0.1, 0.15) is 6.04 Å². The van der Waals surface area contributed by atoms with E-state index in [4.69, 9.17) is 5.11 Å². The molecule has 0 radical (unpaired) electrons. The molecule has 1 aliphatic heterocycles. The highest BCUT2D eigenvalue weighted by molar-refractivity contribution is 5.82. The van der Waals surface area contributed by atoms with Crippen LogP contribution in [0.3, 0.4) is 0 Å². The van der Waals surface area contributed by atoms with Gasteiger partial charge in [-0.05, 0) is 30.4 Å². The molecule has 0 spiro atoms. The number of carboxylic acid groups (broad SMARTS) is 1. The van der Waals surface area contributed by atoms with Crippen molar-refractivity contribution in [1.82, 2.24) is 10.2 Å². The topological polar surface area (TPSA) is 69.6 Å². The molecule has 1 aromatic carbocycles. The van der Waals surface area contributed by atoms with Gasteiger partial charge in [0.2, 0.25) is 0 Å². The second kappa shape index (κ2) is 7.11. The van der Waals surface area contributed by atoms with E-state index in [9.17, 15) is 9.59 Å². The van der Waals surface area contributed by atoms with Crippen molar-refractivity contribution in [3.8, 4) is 0 Å². The number of nitrogens with one attached hydrogen (secondary N) is 1. The fourth-order valence-electron chi connectivity index (χ4n) is 2.66. The molecule has 0 aromatic heterocycles. The number of benzene rings is 1. The van der Waals surface area contributed by atoms with Crippen LogP contribution in [-0.4, -0.2) is 34.6 Å². The zero-order valence-electron chi connectivity index (χ0n) is 12.3. The Bertz CT molecular complexity index is 516. The van der Waals surface area contributed by atoms with Crippen LogP contribution in [0.5, 0.6) is 0 Å². The lowest BCUT2D eigenvalue weighted by Gasteiger charge is -2.24. The van der Waals surface area contributed by atoms with Crippen LogP contribution in [0.4, 0.5) is 4.79 Å². The van der Waals surface area contributed by atoms with Crippen LogP contribution in [0.25, 0.3) is 0 Å².